The predicted molar refractivity (Wildman–Crippen MR) is 322 cm³/mol. The van der Waals surface area contributed by atoms with Crippen LogP contribution in [0.2, 0.25) is 0 Å². The van der Waals surface area contributed by atoms with Crippen molar-refractivity contribution in [2.24, 2.45) is 0 Å². The summed E-state index contributed by atoms with van der Waals surface area (Å²) < 4.78 is 23.7. The number of nitrogens with one attached hydrogen (secondary N) is 1. The lowest BCUT2D eigenvalue weighted by Crippen LogP contribution is -2.45. The lowest BCUT2D eigenvalue weighted by molar-refractivity contribution is -0.870. The number of quaternary nitrogens is 1. The van der Waals surface area contributed by atoms with Crippen LogP contribution in [0.1, 0.15) is 232 Å². The third kappa shape index (κ3) is 56.6. The molecule has 0 aromatic heterocycles. The molecule has 0 heterocycles. The van der Waals surface area contributed by atoms with E-state index in [1.54, 1.807) is 6.08 Å². The normalized spacial score (nSPS) is 14.7. The van der Waals surface area contributed by atoms with E-state index < -0.39 is 20.0 Å². The number of allylic oxidation sites excluding steroid dienone is 19. The molecule has 0 saturated carbocycles. The van der Waals surface area contributed by atoms with Crippen molar-refractivity contribution in [3.05, 3.63) is 122 Å². The Kier molecular flexibility index (Phi) is 52.4. The SMILES string of the molecule is CC/C=C\C/C=C\C/C=C\C/C=C\C/C=C\C/C=C\C/C=C\CCCCCCCCCCCCCCCC(=O)NC(COP(=O)(O)OCC[N+](C)(C)C)C(O)/C=C/CC/C=C/CC/C=C/CCCCCCCCC. The first-order valence-electron chi connectivity index (χ1n) is 29.9. The smallest absolute Gasteiger partial charge is 0.387 e. The van der Waals surface area contributed by atoms with Gasteiger partial charge in [-0.05, 0) is 103 Å². The Morgan fingerprint density at radius 1 is 0.473 bits per heavy atom. The fourth-order valence-corrected chi connectivity index (χ4v) is 8.73. The van der Waals surface area contributed by atoms with Gasteiger partial charge < -0.3 is 19.8 Å². The molecule has 0 radical (unpaired) electrons. The van der Waals surface area contributed by atoms with E-state index in [2.05, 4.69) is 129 Å². The van der Waals surface area contributed by atoms with Gasteiger partial charge in [-0.3, -0.25) is 13.8 Å². The van der Waals surface area contributed by atoms with E-state index in [-0.39, 0.29) is 19.1 Å². The second kappa shape index (κ2) is 54.7. The van der Waals surface area contributed by atoms with Gasteiger partial charge in [-0.1, -0.05) is 245 Å². The van der Waals surface area contributed by atoms with Gasteiger partial charge in [-0.2, -0.15) is 0 Å². The number of rotatable bonds is 53. The van der Waals surface area contributed by atoms with Crippen LogP contribution < -0.4 is 5.32 Å². The van der Waals surface area contributed by atoms with Crippen LogP contribution in [0, 0.1) is 0 Å². The standard InChI is InChI=1S/C65H113N2O6P/c1-6-8-10-12-14-16-18-20-22-24-25-26-27-28-29-30-31-32-33-34-35-36-37-38-39-40-41-43-45-47-49-51-53-55-57-59-65(69)66-63(62-73-74(70,71)72-61-60-67(3,4)5)64(68)58-56-54-52-50-48-46-44-42-23-21-19-17-15-13-11-9-7-2/h8,10,14,16,20,22-23,25-26,28-29,31-32,34-35,42,48,50,56,58,63-64,68H,6-7,9,11-13,15,17-19,21,24,27,30,33,36-41,43-47,49,51-55,57,59-62H2,1-5H3,(H-,66,69,70,71)/p+1/b10-8-,16-14-,22-20-,26-25-,29-28-,32-31-,35-34-,42-23+,50-48+,58-56+. The highest BCUT2D eigenvalue weighted by Gasteiger charge is 2.27. The minimum atomic E-state index is -4.37. The van der Waals surface area contributed by atoms with E-state index in [9.17, 15) is 19.4 Å². The summed E-state index contributed by atoms with van der Waals surface area (Å²) in [6, 6.07) is -0.878. The van der Waals surface area contributed by atoms with Crippen molar-refractivity contribution in [2.75, 3.05) is 40.9 Å². The van der Waals surface area contributed by atoms with Crippen LogP contribution in [0.15, 0.2) is 122 Å². The van der Waals surface area contributed by atoms with Crippen LogP contribution >= 0.6 is 7.82 Å². The molecular weight excluding hydrogens is 936 g/mol. The molecule has 3 unspecified atom stereocenters. The first-order chi connectivity index (χ1) is 36.0. The fraction of sp³-hybridized carbons (Fsp3) is 0.677. The predicted octanol–water partition coefficient (Wildman–Crippen LogP) is 18.5. The maximum absolute atomic E-state index is 13.0. The number of hydrogen-bond acceptors (Lipinski definition) is 5. The molecule has 74 heavy (non-hydrogen) atoms. The molecule has 3 N–H and O–H groups in total. The minimum absolute atomic E-state index is 0.0482. The average Bonchev–Trinajstić information content (AvgIpc) is 3.36. The summed E-state index contributed by atoms with van der Waals surface area (Å²) in [4.78, 5) is 23.3. The van der Waals surface area contributed by atoms with Crippen LogP contribution in [0.25, 0.3) is 0 Å². The number of carbonyl (C=O) groups excluding carboxylic acids is 1. The average molecular weight is 1050 g/mol. The van der Waals surface area contributed by atoms with E-state index in [1.165, 1.54) is 122 Å². The van der Waals surface area contributed by atoms with Crippen LogP contribution in [-0.2, 0) is 18.4 Å². The number of unbranched alkanes of at least 4 members (excludes halogenated alkanes) is 22. The summed E-state index contributed by atoms with van der Waals surface area (Å²) in [6.07, 6.45) is 81.7. The quantitative estimate of drug-likeness (QED) is 0.0243. The van der Waals surface area contributed by atoms with Gasteiger partial charge in [0.2, 0.25) is 5.91 Å². The molecule has 0 aliphatic heterocycles. The van der Waals surface area contributed by atoms with Crippen molar-refractivity contribution in [3.8, 4) is 0 Å². The monoisotopic (exact) mass is 1050 g/mol. The molecule has 0 saturated heterocycles. The van der Waals surface area contributed by atoms with Gasteiger partial charge in [-0.15, -0.1) is 0 Å². The second-order valence-electron chi connectivity index (χ2n) is 21.0. The summed E-state index contributed by atoms with van der Waals surface area (Å²) in [5, 5.41) is 13.9. The van der Waals surface area contributed by atoms with Crippen LogP contribution in [0.4, 0.5) is 0 Å². The lowest BCUT2D eigenvalue weighted by Gasteiger charge is -2.25. The van der Waals surface area contributed by atoms with Gasteiger partial charge in [0.1, 0.15) is 13.2 Å². The number of carbonyl (C=O) groups is 1. The molecule has 9 heteroatoms. The molecule has 0 aliphatic rings. The van der Waals surface area contributed by atoms with Crippen molar-refractivity contribution in [2.45, 2.75) is 244 Å². The molecule has 0 rings (SSSR count). The van der Waals surface area contributed by atoms with Gasteiger partial charge in [0, 0.05) is 6.42 Å². The number of nitrogens with zero attached hydrogens (tertiary/aromatic N) is 1. The minimum Gasteiger partial charge on any atom is -0.387 e. The Hall–Kier alpha value is -3.10. The molecule has 424 valence electrons. The molecule has 0 aromatic carbocycles. The molecule has 3 atom stereocenters. The highest BCUT2D eigenvalue weighted by molar-refractivity contribution is 7.47. The Labute approximate surface area is 456 Å². The van der Waals surface area contributed by atoms with Crippen LogP contribution in [-0.4, -0.2) is 73.4 Å². The van der Waals surface area contributed by atoms with Gasteiger partial charge >= 0.3 is 7.82 Å². The Morgan fingerprint density at radius 3 is 1.24 bits per heavy atom. The van der Waals surface area contributed by atoms with Gasteiger partial charge in [0.15, 0.2) is 0 Å². The van der Waals surface area contributed by atoms with Crippen molar-refractivity contribution in [1.82, 2.24) is 5.32 Å². The molecule has 0 bridgehead atoms. The summed E-state index contributed by atoms with van der Waals surface area (Å²) in [7, 11) is 1.53. The first kappa shape index (κ1) is 70.9. The van der Waals surface area contributed by atoms with Crippen molar-refractivity contribution >= 4 is 13.7 Å². The molecule has 0 aromatic rings. The first-order valence-corrected chi connectivity index (χ1v) is 31.4. The number of phosphoric acid groups is 1. The number of amides is 1. The van der Waals surface area contributed by atoms with E-state index in [4.69, 9.17) is 9.05 Å². The molecule has 0 fully saturated rings. The topological polar surface area (TPSA) is 105 Å². The van der Waals surface area contributed by atoms with E-state index in [1.807, 2.05) is 27.2 Å². The van der Waals surface area contributed by atoms with Gasteiger partial charge in [0.25, 0.3) is 0 Å². The molecule has 8 nitrogen and oxygen atoms in total. The number of aliphatic hydroxyl groups is 1. The number of likely N-dealkylation sites (N-methyl/N-ethyl adjacent to an activating group) is 1. The van der Waals surface area contributed by atoms with Crippen LogP contribution in [0.5, 0.6) is 0 Å². The second-order valence-corrected chi connectivity index (χ2v) is 22.4. The van der Waals surface area contributed by atoms with Gasteiger partial charge in [0.05, 0.1) is 39.9 Å². The van der Waals surface area contributed by atoms with E-state index in [0.717, 1.165) is 89.9 Å². The van der Waals surface area contributed by atoms with Crippen LogP contribution in [0.3, 0.4) is 0 Å². The third-order valence-electron chi connectivity index (χ3n) is 12.6. The highest BCUT2D eigenvalue weighted by Crippen LogP contribution is 2.43. The third-order valence-corrected chi connectivity index (χ3v) is 13.6. The Morgan fingerprint density at radius 2 is 0.824 bits per heavy atom. The Balaban J connectivity index is 4.17. The molecular formula is C65H114N2O6P+. The zero-order valence-corrected chi connectivity index (χ0v) is 49.2. The fourth-order valence-electron chi connectivity index (χ4n) is 7.99. The number of aliphatic hydroxyl groups excluding tert-OH is 1. The van der Waals surface area contributed by atoms with E-state index in [0.29, 0.717) is 17.4 Å². The zero-order valence-electron chi connectivity index (χ0n) is 48.3. The largest absolute Gasteiger partial charge is 0.472 e. The molecule has 0 aliphatic carbocycles. The maximum atomic E-state index is 13.0. The lowest BCUT2D eigenvalue weighted by atomic mass is 10.0. The highest BCUT2D eigenvalue weighted by atomic mass is 31.2. The molecule has 1 amide bonds. The zero-order chi connectivity index (χ0) is 54.2. The molecule has 0 spiro atoms. The van der Waals surface area contributed by atoms with Gasteiger partial charge in [-0.25, -0.2) is 4.57 Å². The summed E-state index contributed by atoms with van der Waals surface area (Å²) >= 11 is 0. The van der Waals surface area contributed by atoms with E-state index >= 15 is 0 Å². The summed E-state index contributed by atoms with van der Waals surface area (Å²) in [5.41, 5.74) is 0. The number of hydrogen-bond donors (Lipinski definition) is 3. The maximum Gasteiger partial charge on any atom is 0.472 e. The van der Waals surface area contributed by atoms with Crippen molar-refractivity contribution in [1.29, 1.82) is 0 Å². The summed E-state index contributed by atoms with van der Waals surface area (Å²) in [5.74, 6) is -0.197. The van der Waals surface area contributed by atoms with Crippen molar-refractivity contribution < 1.29 is 32.9 Å². The van der Waals surface area contributed by atoms with Crippen molar-refractivity contribution in [3.63, 3.8) is 0 Å². The summed E-state index contributed by atoms with van der Waals surface area (Å²) in [6.45, 7) is 4.66. The number of phosphoric ester groups is 1. The Bertz CT molecular complexity index is 1620.